The number of nitrogens with one attached hydrogen (secondary N) is 1. The van der Waals surface area contributed by atoms with E-state index in [1.807, 2.05) is 23.1 Å². The van der Waals surface area contributed by atoms with Crippen LogP contribution in [-0.2, 0) is 4.79 Å². The van der Waals surface area contributed by atoms with E-state index in [9.17, 15) is 4.79 Å². The number of oxazole rings is 1. The van der Waals surface area contributed by atoms with Gasteiger partial charge in [0.1, 0.15) is 5.75 Å². The van der Waals surface area contributed by atoms with Gasteiger partial charge in [0.2, 0.25) is 11.6 Å². The van der Waals surface area contributed by atoms with Crippen molar-refractivity contribution in [3.63, 3.8) is 0 Å². The fraction of sp³-hybridized carbons (Fsp3) is 0.458. The predicted molar refractivity (Wildman–Crippen MR) is 130 cm³/mol. The number of fused-ring (bicyclic) bond motifs is 1. The molecule has 1 aliphatic rings. The van der Waals surface area contributed by atoms with Crippen LogP contribution < -0.4 is 19.9 Å². The zero-order chi connectivity index (χ0) is 23.2. The van der Waals surface area contributed by atoms with Crippen LogP contribution in [-0.4, -0.2) is 73.7 Å². The van der Waals surface area contributed by atoms with E-state index in [0.717, 1.165) is 57.3 Å². The largest absolute Gasteiger partial charge is 0.495 e. The molecule has 0 unspecified atom stereocenters. The van der Waals surface area contributed by atoms with Crippen molar-refractivity contribution < 1.29 is 13.9 Å². The fourth-order valence-corrected chi connectivity index (χ4v) is 4.09. The number of methoxy groups -OCH3 is 1. The molecule has 0 radical (unpaired) electrons. The number of piperazine rings is 1. The minimum absolute atomic E-state index is 0.0354. The summed E-state index contributed by atoms with van der Waals surface area (Å²) in [7, 11) is 1.70. The molecule has 1 N–H and O–H groups in total. The second-order valence-corrected chi connectivity index (χ2v) is 8.01. The van der Waals surface area contributed by atoms with E-state index in [-0.39, 0.29) is 5.91 Å². The van der Waals surface area contributed by atoms with Crippen LogP contribution in [0.4, 0.5) is 17.4 Å². The van der Waals surface area contributed by atoms with Crippen molar-refractivity contribution in [2.45, 2.75) is 20.3 Å². The van der Waals surface area contributed by atoms with E-state index in [1.54, 1.807) is 19.4 Å². The molecular formula is C24H32N6O3. The molecule has 0 aliphatic carbocycles. The summed E-state index contributed by atoms with van der Waals surface area (Å²) in [6.45, 7) is 10.1. The van der Waals surface area contributed by atoms with Crippen LogP contribution in [0, 0.1) is 0 Å². The van der Waals surface area contributed by atoms with E-state index in [0.29, 0.717) is 29.4 Å². The van der Waals surface area contributed by atoms with E-state index in [2.05, 4.69) is 45.0 Å². The second-order valence-electron chi connectivity index (χ2n) is 8.01. The molecule has 0 saturated carbocycles. The number of anilines is 3. The molecule has 176 valence electrons. The number of pyridine rings is 1. The molecule has 1 amide bonds. The third-order valence-electron chi connectivity index (χ3n) is 6.01. The maximum atomic E-state index is 12.5. The second kappa shape index (κ2) is 10.5. The molecule has 1 aromatic carbocycles. The van der Waals surface area contributed by atoms with Crippen molar-refractivity contribution in [1.82, 2.24) is 14.9 Å². The summed E-state index contributed by atoms with van der Waals surface area (Å²) in [5.41, 5.74) is 2.86. The molecule has 1 saturated heterocycles. The van der Waals surface area contributed by atoms with Crippen molar-refractivity contribution in [3.8, 4) is 5.75 Å². The molecule has 9 heteroatoms. The lowest BCUT2D eigenvalue weighted by Crippen LogP contribution is -2.47. The van der Waals surface area contributed by atoms with E-state index in [4.69, 9.17) is 9.15 Å². The van der Waals surface area contributed by atoms with Gasteiger partial charge < -0.3 is 24.3 Å². The van der Waals surface area contributed by atoms with Crippen molar-refractivity contribution in [2.24, 2.45) is 0 Å². The van der Waals surface area contributed by atoms with Crippen LogP contribution in [0.1, 0.15) is 20.3 Å². The van der Waals surface area contributed by atoms with Gasteiger partial charge in [-0.2, -0.15) is 4.98 Å². The standard InChI is InChI=1S/C24H32N6O3/c1-4-29(5-2)24-27-23-21(33-24)16-18(17-25-23)26-22(31)10-11-28-12-14-30(15-13-28)19-8-6-7-9-20(19)32-3/h6-9,16-17H,4-5,10-15H2,1-3H3,(H,26,31). The molecule has 3 heterocycles. The molecular weight excluding hydrogens is 420 g/mol. The Kier molecular flexibility index (Phi) is 7.29. The van der Waals surface area contributed by atoms with Gasteiger partial charge in [-0.25, -0.2) is 4.98 Å². The molecule has 4 rings (SSSR count). The summed E-state index contributed by atoms with van der Waals surface area (Å²) in [4.78, 5) is 28.0. The van der Waals surface area contributed by atoms with Crippen LogP contribution >= 0.6 is 0 Å². The minimum Gasteiger partial charge on any atom is -0.495 e. The smallest absolute Gasteiger partial charge is 0.299 e. The van der Waals surface area contributed by atoms with E-state index < -0.39 is 0 Å². The summed E-state index contributed by atoms with van der Waals surface area (Å²) in [5.74, 6) is 0.860. The number of para-hydroxylation sites is 2. The Hall–Kier alpha value is -3.33. The lowest BCUT2D eigenvalue weighted by atomic mass is 10.2. The van der Waals surface area contributed by atoms with Gasteiger partial charge in [-0.05, 0) is 26.0 Å². The highest BCUT2D eigenvalue weighted by Gasteiger charge is 2.20. The number of aromatic nitrogens is 2. The molecule has 1 aliphatic heterocycles. The summed E-state index contributed by atoms with van der Waals surface area (Å²) >= 11 is 0. The zero-order valence-electron chi connectivity index (χ0n) is 19.6. The number of amides is 1. The Balaban J connectivity index is 1.27. The highest BCUT2D eigenvalue weighted by molar-refractivity contribution is 5.92. The summed E-state index contributed by atoms with van der Waals surface area (Å²) < 4.78 is 11.3. The summed E-state index contributed by atoms with van der Waals surface area (Å²) in [6.07, 6.45) is 2.05. The number of hydrogen-bond acceptors (Lipinski definition) is 8. The van der Waals surface area contributed by atoms with E-state index in [1.165, 1.54) is 0 Å². The molecule has 3 aromatic rings. The highest BCUT2D eigenvalue weighted by atomic mass is 16.5. The lowest BCUT2D eigenvalue weighted by Gasteiger charge is -2.36. The number of ether oxygens (including phenoxy) is 1. The molecule has 0 bridgehead atoms. The quantitative estimate of drug-likeness (QED) is 0.530. The molecule has 1 fully saturated rings. The number of nitrogens with zero attached hydrogens (tertiary/aromatic N) is 5. The first-order valence-corrected chi connectivity index (χ1v) is 11.5. The molecule has 0 spiro atoms. The Bertz CT molecular complexity index is 1070. The maximum absolute atomic E-state index is 12.5. The van der Waals surface area contributed by atoms with Crippen LogP contribution in [0.15, 0.2) is 40.9 Å². The van der Waals surface area contributed by atoms with Gasteiger partial charge in [0, 0.05) is 58.3 Å². The zero-order valence-corrected chi connectivity index (χ0v) is 19.6. The first kappa shape index (κ1) is 22.8. The number of hydrogen-bond donors (Lipinski definition) is 1. The van der Waals surface area contributed by atoms with Gasteiger partial charge in [0.25, 0.3) is 6.01 Å². The first-order chi connectivity index (χ1) is 16.1. The number of rotatable bonds is 9. The van der Waals surface area contributed by atoms with Gasteiger partial charge in [-0.3, -0.25) is 9.69 Å². The molecule has 9 nitrogen and oxygen atoms in total. The molecule has 0 atom stereocenters. The van der Waals surface area contributed by atoms with Gasteiger partial charge >= 0.3 is 0 Å². The van der Waals surface area contributed by atoms with Crippen molar-refractivity contribution >= 4 is 34.5 Å². The highest BCUT2D eigenvalue weighted by Crippen LogP contribution is 2.28. The summed E-state index contributed by atoms with van der Waals surface area (Å²) in [5, 5.41) is 2.93. The van der Waals surface area contributed by atoms with Crippen LogP contribution in [0.3, 0.4) is 0 Å². The average Bonchev–Trinajstić information content (AvgIpc) is 3.27. The Labute approximate surface area is 194 Å². The van der Waals surface area contributed by atoms with Crippen molar-refractivity contribution in [1.29, 1.82) is 0 Å². The van der Waals surface area contributed by atoms with Gasteiger partial charge in [-0.1, -0.05) is 12.1 Å². The topological polar surface area (TPSA) is 87.0 Å². The third-order valence-corrected chi connectivity index (χ3v) is 6.01. The maximum Gasteiger partial charge on any atom is 0.299 e. The van der Waals surface area contributed by atoms with Gasteiger partial charge in [0.05, 0.1) is 24.7 Å². The summed E-state index contributed by atoms with van der Waals surface area (Å²) in [6, 6.07) is 10.4. The van der Waals surface area contributed by atoms with Crippen LogP contribution in [0.5, 0.6) is 5.75 Å². The number of carbonyl (C=O) groups is 1. The van der Waals surface area contributed by atoms with Crippen LogP contribution in [0.2, 0.25) is 0 Å². The van der Waals surface area contributed by atoms with Gasteiger partial charge in [-0.15, -0.1) is 0 Å². The Morgan fingerprint density at radius 3 is 2.67 bits per heavy atom. The van der Waals surface area contributed by atoms with Gasteiger partial charge in [0.15, 0.2) is 5.58 Å². The third kappa shape index (κ3) is 5.36. The Morgan fingerprint density at radius 2 is 1.94 bits per heavy atom. The van der Waals surface area contributed by atoms with Crippen molar-refractivity contribution in [3.05, 3.63) is 36.5 Å². The predicted octanol–water partition coefficient (Wildman–Crippen LogP) is 3.23. The lowest BCUT2D eigenvalue weighted by molar-refractivity contribution is -0.116. The normalized spacial score (nSPS) is 14.5. The van der Waals surface area contributed by atoms with E-state index >= 15 is 0 Å². The van der Waals surface area contributed by atoms with Crippen molar-refractivity contribution in [2.75, 3.05) is 68.0 Å². The van der Waals surface area contributed by atoms with Crippen LogP contribution in [0.25, 0.3) is 11.2 Å². The monoisotopic (exact) mass is 452 g/mol. The number of carbonyl (C=O) groups excluding carboxylic acids is 1. The fourth-order valence-electron chi connectivity index (χ4n) is 4.09. The average molecular weight is 453 g/mol. The molecule has 33 heavy (non-hydrogen) atoms. The Morgan fingerprint density at radius 1 is 1.18 bits per heavy atom. The number of benzene rings is 1. The minimum atomic E-state index is -0.0354. The molecule has 2 aromatic heterocycles. The first-order valence-electron chi connectivity index (χ1n) is 11.5. The SMILES string of the molecule is CCN(CC)c1nc2ncc(NC(=O)CCN3CCN(c4ccccc4OC)CC3)cc2o1.